The Morgan fingerprint density at radius 1 is 0.903 bits per heavy atom. The summed E-state index contributed by atoms with van der Waals surface area (Å²) in [5, 5.41) is 9.46. The lowest BCUT2D eigenvalue weighted by Crippen LogP contribution is -2.05. The molecule has 4 aromatic rings. The summed E-state index contributed by atoms with van der Waals surface area (Å²) in [4.78, 5) is 10.9. The van der Waals surface area contributed by atoms with Crippen LogP contribution in [-0.2, 0) is 13.2 Å². The largest absolute Gasteiger partial charge is 0.511 e. The van der Waals surface area contributed by atoms with Gasteiger partial charge in [0.1, 0.15) is 35.6 Å². The van der Waals surface area contributed by atoms with Crippen molar-refractivity contribution in [1.82, 2.24) is 4.57 Å². The molecule has 8 heteroatoms. The summed E-state index contributed by atoms with van der Waals surface area (Å²) < 4.78 is 53.4. The van der Waals surface area contributed by atoms with Crippen molar-refractivity contribution < 1.29 is 32.5 Å². The summed E-state index contributed by atoms with van der Waals surface area (Å²) in [7, 11) is 0. The highest BCUT2D eigenvalue weighted by molar-refractivity contribution is 5.88. The summed E-state index contributed by atoms with van der Waals surface area (Å²) >= 11 is 0. The second-order valence-electron chi connectivity index (χ2n) is 6.78. The Morgan fingerprint density at radius 3 is 2.42 bits per heavy atom. The third-order valence-electron chi connectivity index (χ3n) is 4.73. The molecule has 0 bridgehead atoms. The highest BCUT2D eigenvalue weighted by Gasteiger charge is 2.13. The summed E-state index contributed by atoms with van der Waals surface area (Å²) in [6, 6.07) is 13.6. The Labute approximate surface area is 174 Å². The van der Waals surface area contributed by atoms with Gasteiger partial charge in [0.2, 0.25) is 0 Å². The van der Waals surface area contributed by atoms with E-state index in [1.807, 2.05) is 0 Å². The van der Waals surface area contributed by atoms with Crippen molar-refractivity contribution in [2.45, 2.75) is 13.2 Å². The number of hydrogen-bond donors (Lipinski definition) is 1. The maximum absolute atomic E-state index is 13.9. The van der Waals surface area contributed by atoms with Gasteiger partial charge in [0.25, 0.3) is 0 Å². The molecule has 0 amide bonds. The summed E-state index contributed by atoms with van der Waals surface area (Å²) in [5.74, 6) is -1.18. The highest BCUT2D eigenvalue weighted by Crippen LogP contribution is 2.29. The van der Waals surface area contributed by atoms with Crippen LogP contribution in [0.15, 0.2) is 66.9 Å². The van der Waals surface area contributed by atoms with E-state index in [2.05, 4.69) is 0 Å². The Hall–Kier alpha value is -3.94. The Bertz CT molecular complexity index is 1270. The van der Waals surface area contributed by atoms with Crippen molar-refractivity contribution in [3.8, 4) is 11.5 Å². The van der Waals surface area contributed by atoms with Crippen LogP contribution in [0.3, 0.4) is 0 Å². The quantitative estimate of drug-likeness (QED) is 0.315. The molecule has 31 heavy (non-hydrogen) atoms. The van der Waals surface area contributed by atoms with E-state index < -0.39 is 23.6 Å². The molecule has 1 N–H and O–H groups in total. The van der Waals surface area contributed by atoms with Crippen molar-refractivity contribution >= 4 is 17.1 Å². The first-order valence-corrected chi connectivity index (χ1v) is 9.24. The lowest BCUT2D eigenvalue weighted by atomic mass is 10.1. The minimum atomic E-state index is -1.43. The number of aromatic nitrogens is 1. The smallest absolute Gasteiger partial charge is 0.488 e. The monoisotopic (exact) mass is 427 g/mol. The maximum Gasteiger partial charge on any atom is 0.511 e. The van der Waals surface area contributed by atoms with Gasteiger partial charge in [0, 0.05) is 22.7 Å². The fourth-order valence-corrected chi connectivity index (χ4v) is 3.32. The predicted octanol–water partition coefficient (Wildman–Crippen LogP) is 5.74. The Balaban J connectivity index is 1.62. The van der Waals surface area contributed by atoms with Gasteiger partial charge in [-0.2, -0.15) is 0 Å². The van der Waals surface area contributed by atoms with Crippen LogP contribution >= 0.6 is 0 Å². The first-order valence-electron chi connectivity index (χ1n) is 9.24. The summed E-state index contributed by atoms with van der Waals surface area (Å²) in [5.41, 5.74) is 1.18. The summed E-state index contributed by atoms with van der Waals surface area (Å²) in [6.07, 6.45) is 0.283. The topological polar surface area (TPSA) is 60.7 Å². The van der Waals surface area contributed by atoms with E-state index in [0.717, 1.165) is 18.2 Å². The molecule has 0 fully saturated rings. The van der Waals surface area contributed by atoms with Gasteiger partial charge in [-0.05, 0) is 54.6 Å². The molecule has 0 atom stereocenters. The van der Waals surface area contributed by atoms with Crippen LogP contribution in [0.25, 0.3) is 10.9 Å². The zero-order valence-corrected chi connectivity index (χ0v) is 16.0. The fraction of sp³-hybridized carbons (Fsp3) is 0.0870. The van der Waals surface area contributed by atoms with E-state index in [4.69, 9.17) is 14.6 Å². The van der Waals surface area contributed by atoms with E-state index in [-0.39, 0.29) is 24.5 Å². The molecule has 5 nitrogen and oxygen atoms in total. The molecular formula is C23H16F3NO4. The molecule has 4 rings (SSSR count). The average Bonchev–Trinajstić information content (AvgIpc) is 3.13. The average molecular weight is 427 g/mol. The molecule has 0 aliphatic rings. The third-order valence-corrected chi connectivity index (χ3v) is 4.73. The Morgan fingerprint density at radius 2 is 1.65 bits per heavy atom. The molecule has 0 unspecified atom stereocenters. The van der Waals surface area contributed by atoms with Gasteiger partial charge in [0.05, 0.1) is 12.1 Å². The van der Waals surface area contributed by atoms with Gasteiger partial charge in [0.15, 0.2) is 0 Å². The highest BCUT2D eigenvalue weighted by atomic mass is 19.1. The van der Waals surface area contributed by atoms with E-state index in [1.165, 1.54) is 24.3 Å². The standard InChI is InChI=1S/C23H16F3NO4/c24-16-4-6-19(26)15(11-16)13-30-21-7-5-17(25)10-14(21)12-27-9-8-18-20(27)2-1-3-22(18)31-23(28)29/h1-11H,12-13H2,(H,28,29). The molecule has 0 saturated heterocycles. The number of halogens is 3. The first kappa shape index (κ1) is 20.3. The number of hydrogen-bond acceptors (Lipinski definition) is 3. The van der Waals surface area contributed by atoms with Crippen LogP contribution in [0.4, 0.5) is 18.0 Å². The van der Waals surface area contributed by atoms with E-state index in [0.29, 0.717) is 22.2 Å². The van der Waals surface area contributed by atoms with Crippen LogP contribution in [0, 0.1) is 17.5 Å². The molecule has 0 aliphatic carbocycles. The third kappa shape index (κ3) is 4.48. The number of nitrogens with zero attached hydrogens (tertiary/aromatic N) is 1. The molecule has 0 spiro atoms. The van der Waals surface area contributed by atoms with Crippen molar-refractivity contribution in [2.24, 2.45) is 0 Å². The lowest BCUT2D eigenvalue weighted by molar-refractivity contribution is 0.145. The lowest BCUT2D eigenvalue weighted by Gasteiger charge is -2.14. The van der Waals surface area contributed by atoms with E-state index in [1.54, 1.807) is 29.0 Å². The molecule has 158 valence electrons. The van der Waals surface area contributed by atoms with Crippen LogP contribution in [0.5, 0.6) is 11.5 Å². The molecule has 0 aliphatic heterocycles. The number of benzene rings is 3. The predicted molar refractivity (Wildman–Crippen MR) is 107 cm³/mol. The molecule has 3 aromatic carbocycles. The molecule has 1 aromatic heterocycles. The van der Waals surface area contributed by atoms with Crippen LogP contribution in [0.1, 0.15) is 11.1 Å². The van der Waals surface area contributed by atoms with Crippen molar-refractivity contribution in [1.29, 1.82) is 0 Å². The number of carbonyl (C=O) groups is 1. The second-order valence-corrected chi connectivity index (χ2v) is 6.78. The van der Waals surface area contributed by atoms with E-state index in [9.17, 15) is 18.0 Å². The minimum Gasteiger partial charge on any atom is -0.488 e. The Kier molecular flexibility index (Phi) is 5.53. The summed E-state index contributed by atoms with van der Waals surface area (Å²) in [6.45, 7) is -0.0377. The van der Waals surface area contributed by atoms with Gasteiger partial charge in [-0.15, -0.1) is 0 Å². The van der Waals surface area contributed by atoms with Crippen LogP contribution < -0.4 is 9.47 Å². The molecule has 0 saturated carbocycles. The van der Waals surface area contributed by atoms with E-state index >= 15 is 0 Å². The molecule has 1 heterocycles. The number of rotatable bonds is 6. The number of carboxylic acid groups (broad SMARTS) is 1. The van der Waals surface area contributed by atoms with Crippen molar-refractivity contribution in [3.05, 3.63) is 95.4 Å². The van der Waals surface area contributed by atoms with Gasteiger partial charge in [-0.1, -0.05) is 6.07 Å². The van der Waals surface area contributed by atoms with Gasteiger partial charge in [-0.25, -0.2) is 18.0 Å². The number of fused-ring (bicyclic) bond motifs is 1. The zero-order valence-electron chi connectivity index (χ0n) is 16.0. The van der Waals surface area contributed by atoms with Gasteiger partial charge >= 0.3 is 6.16 Å². The van der Waals surface area contributed by atoms with Crippen LogP contribution in [0.2, 0.25) is 0 Å². The fourth-order valence-electron chi connectivity index (χ4n) is 3.32. The minimum absolute atomic E-state index is 0.0390. The van der Waals surface area contributed by atoms with Gasteiger partial charge in [-0.3, -0.25) is 0 Å². The number of ether oxygens (including phenoxy) is 2. The first-order chi connectivity index (χ1) is 14.9. The zero-order chi connectivity index (χ0) is 22.0. The normalized spacial score (nSPS) is 10.9. The SMILES string of the molecule is O=C(O)Oc1cccc2c1ccn2Cc1cc(F)ccc1OCc1cc(F)ccc1F. The van der Waals surface area contributed by atoms with Crippen LogP contribution in [-0.4, -0.2) is 15.8 Å². The van der Waals surface area contributed by atoms with Gasteiger partial charge < -0.3 is 19.1 Å². The molecular weight excluding hydrogens is 411 g/mol. The second kappa shape index (κ2) is 8.43. The maximum atomic E-state index is 13.9. The van der Waals surface area contributed by atoms with Crippen molar-refractivity contribution in [3.63, 3.8) is 0 Å². The molecule has 0 radical (unpaired) electrons. The van der Waals surface area contributed by atoms with Crippen molar-refractivity contribution in [2.75, 3.05) is 0 Å².